The molecule has 0 bridgehead atoms. The Bertz CT molecular complexity index is 359. The molecule has 1 saturated heterocycles. The topological polar surface area (TPSA) is 35.6 Å². The summed E-state index contributed by atoms with van der Waals surface area (Å²) < 4.78 is 0. The van der Waals surface area contributed by atoms with Crippen LogP contribution in [0.2, 0.25) is 0 Å². The molecule has 128 valence electrons. The van der Waals surface area contributed by atoms with E-state index in [2.05, 4.69) is 44.8 Å². The van der Waals surface area contributed by atoms with Gasteiger partial charge in [0.15, 0.2) is 0 Å². The molecule has 2 fully saturated rings. The van der Waals surface area contributed by atoms with Crippen molar-refractivity contribution in [3.63, 3.8) is 0 Å². The highest BCUT2D eigenvalue weighted by atomic mass is 16.2. The molecule has 1 aliphatic carbocycles. The van der Waals surface area contributed by atoms with Gasteiger partial charge in [0.1, 0.15) is 0 Å². The van der Waals surface area contributed by atoms with E-state index < -0.39 is 0 Å². The first-order valence-corrected chi connectivity index (χ1v) is 9.08. The lowest BCUT2D eigenvalue weighted by molar-refractivity contribution is 0.0728. The molecule has 0 aromatic heterocycles. The van der Waals surface area contributed by atoms with Crippen LogP contribution in [0.1, 0.15) is 60.3 Å². The fourth-order valence-corrected chi connectivity index (χ4v) is 3.78. The quantitative estimate of drug-likeness (QED) is 0.849. The van der Waals surface area contributed by atoms with Gasteiger partial charge in [-0.1, -0.05) is 13.8 Å². The number of hydrogen-bond donors (Lipinski definition) is 1. The second-order valence-electron chi connectivity index (χ2n) is 8.45. The molecule has 2 aliphatic rings. The van der Waals surface area contributed by atoms with Crippen molar-refractivity contribution in [3.8, 4) is 0 Å². The zero-order chi connectivity index (χ0) is 16.3. The van der Waals surface area contributed by atoms with Gasteiger partial charge in [-0.2, -0.15) is 0 Å². The first-order chi connectivity index (χ1) is 10.3. The Morgan fingerprint density at radius 3 is 2.00 bits per heavy atom. The molecule has 2 amide bonds. The van der Waals surface area contributed by atoms with Crippen LogP contribution in [0, 0.1) is 11.8 Å². The van der Waals surface area contributed by atoms with E-state index in [4.69, 9.17) is 0 Å². The Morgan fingerprint density at radius 2 is 1.55 bits per heavy atom. The van der Waals surface area contributed by atoms with E-state index in [1.54, 1.807) is 0 Å². The predicted molar refractivity (Wildman–Crippen MR) is 92.0 cm³/mol. The van der Waals surface area contributed by atoms with E-state index in [1.165, 1.54) is 12.8 Å². The van der Waals surface area contributed by atoms with Crippen molar-refractivity contribution in [3.05, 3.63) is 0 Å². The number of piperazine rings is 1. The Kier molecular flexibility index (Phi) is 5.76. The van der Waals surface area contributed by atoms with Crippen LogP contribution in [-0.2, 0) is 0 Å². The lowest BCUT2D eigenvalue weighted by Crippen LogP contribution is -2.57. The summed E-state index contributed by atoms with van der Waals surface area (Å²) in [5, 5.41) is 3.27. The zero-order valence-electron chi connectivity index (χ0n) is 15.2. The Morgan fingerprint density at radius 1 is 1.00 bits per heavy atom. The maximum absolute atomic E-state index is 12.4. The van der Waals surface area contributed by atoms with Gasteiger partial charge >= 0.3 is 6.03 Å². The highest BCUT2D eigenvalue weighted by Crippen LogP contribution is 2.30. The van der Waals surface area contributed by atoms with Crippen molar-refractivity contribution in [1.29, 1.82) is 0 Å². The Hall–Kier alpha value is -0.770. The number of nitrogens with zero attached hydrogens (tertiary/aromatic N) is 2. The minimum atomic E-state index is 0.154. The highest BCUT2D eigenvalue weighted by Gasteiger charge is 2.29. The van der Waals surface area contributed by atoms with E-state index >= 15 is 0 Å². The molecule has 1 heterocycles. The standard InChI is InChI=1S/C18H35N3O/c1-14(2)15-6-8-16(9-7-15)19-17(22)20-10-12-21(13-11-20)18(3,4)5/h14-16H,6-13H2,1-5H3,(H,19,22). The van der Waals surface area contributed by atoms with Crippen molar-refractivity contribution in [2.45, 2.75) is 71.9 Å². The minimum absolute atomic E-state index is 0.154. The van der Waals surface area contributed by atoms with Gasteiger partial charge in [0.2, 0.25) is 0 Å². The fourth-order valence-electron chi connectivity index (χ4n) is 3.78. The third-order valence-electron chi connectivity index (χ3n) is 5.56. The lowest BCUT2D eigenvalue weighted by Gasteiger charge is -2.42. The van der Waals surface area contributed by atoms with E-state index in [9.17, 15) is 4.79 Å². The van der Waals surface area contributed by atoms with Gasteiger partial charge in [-0.15, -0.1) is 0 Å². The van der Waals surface area contributed by atoms with E-state index in [1.807, 2.05) is 4.90 Å². The summed E-state index contributed by atoms with van der Waals surface area (Å²) >= 11 is 0. The first-order valence-electron chi connectivity index (χ1n) is 9.08. The molecule has 0 aromatic rings. The van der Waals surface area contributed by atoms with Crippen molar-refractivity contribution >= 4 is 6.03 Å². The second-order valence-corrected chi connectivity index (χ2v) is 8.45. The molecular formula is C18H35N3O. The number of urea groups is 1. The summed E-state index contributed by atoms with van der Waals surface area (Å²) in [5.41, 5.74) is 0.206. The molecule has 0 aromatic carbocycles. The number of hydrogen-bond acceptors (Lipinski definition) is 2. The molecule has 4 heteroatoms. The van der Waals surface area contributed by atoms with Gasteiger partial charge in [0.05, 0.1) is 0 Å². The van der Waals surface area contributed by atoms with Gasteiger partial charge in [0.25, 0.3) is 0 Å². The maximum atomic E-state index is 12.4. The number of rotatable bonds is 2. The molecule has 1 aliphatic heterocycles. The smallest absolute Gasteiger partial charge is 0.317 e. The molecule has 1 saturated carbocycles. The van der Waals surface area contributed by atoms with E-state index in [0.29, 0.717) is 6.04 Å². The van der Waals surface area contributed by atoms with Gasteiger partial charge in [-0.25, -0.2) is 4.79 Å². The molecule has 2 rings (SSSR count). The Balaban J connectivity index is 1.73. The van der Waals surface area contributed by atoms with Crippen LogP contribution in [0.15, 0.2) is 0 Å². The van der Waals surface area contributed by atoms with Crippen LogP contribution in [0.3, 0.4) is 0 Å². The summed E-state index contributed by atoms with van der Waals surface area (Å²) in [4.78, 5) is 16.9. The fraction of sp³-hybridized carbons (Fsp3) is 0.944. The second kappa shape index (κ2) is 7.20. The van der Waals surface area contributed by atoms with Crippen LogP contribution in [-0.4, -0.2) is 53.6 Å². The summed E-state index contributed by atoms with van der Waals surface area (Å²) in [6.45, 7) is 15.0. The Labute approximate surface area is 136 Å². The van der Waals surface area contributed by atoms with Crippen LogP contribution < -0.4 is 5.32 Å². The molecule has 0 atom stereocenters. The maximum Gasteiger partial charge on any atom is 0.317 e. The summed E-state index contributed by atoms with van der Waals surface area (Å²) in [6.07, 6.45) is 4.83. The van der Waals surface area contributed by atoms with Crippen molar-refractivity contribution < 1.29 is 4.79 Å². The third-order valence-corrected chi connectivity index (χ3v) is 5.56. The lowest BCUT2D eigenvalue weighted by atomic mass is 9.80. The molecule has 0 radical (unpaired) electrons. The van der Waals surface area contributed by atoms with E-state index in [0.717, 1.165) is 50.9 Å². The highest BCUT2D eigenvalue weighted by molar-refractivity contribution is 5.74. The van der Waals surface area contributed by atoms with E-state index in [-0.39, 0.29) is 11.6 Å². The van der Waals surface area contributed by atoms with Crippen LogP contribution in [0.4, 0.5) is 4.79 Å². The zero-order valence-corrected chi connectivity index (χ0v) is 15.2. The molecule has 0 spiro atoms. The average molecular weight is 309 g/mol. The number of carbonyl (C=O) groups excluding carboxylic acids is 1. The third kappa shape index (κ3) is 4.61. The monoisotopic (exact) mass is 309 g/mol. The van der Waals surface area contributed by atoms with Gasteiger partial charge in [0, 0.05) is 37.8 Å². The van der Waals surface area contributed by atoms with Crippen LogP contribution in [0.25, 0.3) is 0 Å². The number of amides is 2. The summed E-state index contributed by atoms with van der Waals surface area (Å²) in [5.74, 6) is 1.63. The van der Waals surface area contributed by atoms with Crippen LogP contribution >= 0.6 is 0 Å². The van der Waals surface area contributed by atoms with Crippen molar-refractivity contribution in [1.82, 2.24) is 15.1 Å². The van der Waals surface area contributed by atoms with Gasteiger partial charge in [-0.3, -0.25) is 4.90 Å². The number of nitrogens with one attached hydrogen (secondary N) is 1. The van der Waals surface area contributed by atoms with Gasteiger partial charge in [-0.05, 0) is 58.3 Å². The largest absolute Gasteiger partial charge is 0.335 e. The minimum Gasteiger partial charge on any atom is -0.335 e. The molecule has 1 N–H and O–H groups in total. The van der Waals surface area contributed by atoms with Crippen molar-refractivity contribution in [2.75, 3.05) is 26.2 Å². The first kappa shape index (κ1) is 17.6. The summed E-state index contributed by atoms with van der Waals surface area (Å²) in [7, 11) is 0. The SMILES string of the molecule is CC(C)C1CCC(NC(=O)N2CCN(C(C)(C)C)CC2)CC1. The molecule has 22 heavy (non-hydrogen) atoms. The molecule has 0 unspecified atom stereocenters. The number of carbonyl (C=O) groups is 1. The summed E-state index contributed by atoms with van der Waals surface area (Å²) in [6, 6.07) is 0.546. The van der Waals surface area contributed by atoms with Gasteiger partial charge < -0.3 is 10.2 Å². The van der Waals surface area contributed by atoms with Crippen LogP contribution in [0.5, 0.6) is 0 Å². The average Bonchev–Trinajstić information content (AvgIpc) is 2.47. The van der Waals surface area contributed by atoms with Crippen molar-refractivity contribution in [2.24, 2.45) is 11.8 Å². The molecule has 4 nitrogen and oxygen atoms in total. The normalized spacial score (nSPS) is 28.0. The predicted octanol–water partition coefficient (Wildman–Crippen LogP) is 3.33. The molecular weight excluding hydrogens is 274 g/mol.